The predicted molar refractivity (Wildman–Crippen MR) is 362 cm³/mol. The first-order valence-electron chi connectivity index (χ1n) is 31.2. The Balaban J connectivity index is 0.000000184. The van der Waals surface area contributed by atoms with E-state index in [1.165, 1.54) is 49.3 Å². The van der Waals surface area contributed by atoms with Gasteiger partial charge in [0.1, 0.15) is 0 Å². The minimum atomic E-state index is -3.35. The molecule has 0 aromatic heterocycles. The van der Waals surface area contributed by atoms with E-state index in [1.54, 1.807) is 33.3 Å². The second-order valence-electron chi connectivity index (χ2n) is 26.7. The van der Waals surface area contributed by atoms with Crippen molar-refractivity contribution in [2.45, 2.75) is 106 Å². The van der Waals surface area contributed by atoms with Crippen molar-refractivity contribution < 1.29 is 30.6 Å². The molecule has 17 nitrogen and oxygen atoms in total. The third kappa shape index (κ3) is 20.9. The van der Waals surface area contributed by atoms with Crippen molar-refractivity contribution in [3.05, 3.63) is 119 Å². The van der Waals surface area contributed by atoms with Crippen LogP contribution in [0.15, 0.2) is 97.1 Å². The zero-order chi connectivity index (χ0) is 63.2. The summed E-state index contributed by atoms with van der Waals surface area (Å²) in [6, 6.07) is 35.0. The standard InChI is InChI=1S/C19H32N2O.C17H27N3O3S.C15H25N3O2S.C15H24N2OS/c1-18(2,3)15-22-21-13-11-20(12-14-21)17-9-7-16(8-10-17)19(4,5)6;1-15(2)16-3-5-17(6-4-16)18-7-9-19(10-8-18)24(21,22)20-11-13-23-14-12-20;1-13(2)14-5-7-15(8-6-14)17-9-11-18(12-10-17)21(19,20)16(3)4;1-13(2)14-5-7-15(8-6-14)16-9-11-17(12-10-16)19(3,4)18/h7-10H,11-15H2,1-6H3;3-6,15H,7-14H2,1-2H3;5-8,13H,9-12H2,1-4H3;5-8,13H,3,9-12H2,1-2,4H3. The zero-order valence-corrected chi connectivity index (χ0v) is 57.5. The van der Waals surface area contributed by atoms with E-state index in [0.29, 0.717) is 70.2 Å². The third-order valence-electron chi connectivity index (χ3n) is 16.5. The van der Waals surface area contributed by atoms with Crippen LogP contribution >= 0.6 is 0 Å². The van der Waals surface area contributed by atoms with Crippen molar-refractivity contribution in [1.82, 2.24) is 26.6 Å². The fourth-order valence-corrected chi connectivity index (χ4v) is 14.2. The number of anilines is 4. The molecule has 0 amide bonds. The number of ether oxygens (including phenoxy) is 1. The average Bonchev–Trinajstić information content (AvgIpc) is 3.70. The molecule has 5 aliphatic heterocycles. The summed E-state index contributed by atoms with van der Waals surface area (Å²) < 4.78 is 74.6. The molecular formula is C66H108N10O7S3. The van der Waals surface area contributed by atoms with Gasteiger partial charge in [0.2, 0.25) is 0 Å². The van der Waals surface area contributed by atoms with Crippen molar-refractivity contribution in [3.8, 4) is 0 Å². The van der Waals surface area contributed by atoms with Crippen molar-refractivity contribution in [2.75, 3.05) is 178 Å². The summed E-state index contributed by atoms with van der Waals surface area (Å²) in [6.45, 7) is 41.7. The van der Waals surface area contributed by atoms with Gasteiger partial charge in [-0.15, -0.1) is 0 Å². The minimum absolute atomic E-state index is 0.220. The maximum Gasteiger partial charge on any atom is 0.282 e. The fourth-order valence-electron chi connectivity index (χ4n) is 10.6. The second kappa shape index (κ2) is 31.4. The number of piperazine rings is 4. The molecule has 0 radical (unpaired) electrons. The highest BCUT2D eigenvalue weighted by Crippen LogP contribution is 2.28. The monoisotopic (exact) mass is 1250 g/mol. The van der Waals surface area contributed by atoms with Crippen LogP contribution in [0.25, 0.3) is 0 Å². The van der Waals surface area contributed by atoms with Gasteiger partial charge >= 0.3 is 0 Å². The van der Waals surface area contributed by atoms with Gasteiger partial charge in [0.15, 0.2) is 0 Å². The molecule has 0 N–H and O–H groups in total. The number of nitrogens with zero attached hydrogens (tertiary/aromatic N) is 10. The van der Waals surface area contributed by atoms with Crippen LogP contribution < -0.4 is 19.6 Å². The summed E-state index contributed by atoms with van der Waals surface area (Å²) >= 11 is 0. The summed E-state index contributed by atoms with van der Waals surface area (Å²) in [5.41, 5.74) is 10.8. The number of hydrogen-bond donors (Lipinski definition) is 0. The maximum atomic E-state index is 12.7. The highest BCUT2D eigenvalue weighted by molar-refractivity contribution is 7.97. The molecule has 5 fully saturated rings. The molecule has 5 saturated heterocycles. The lowest BCUT2D eigenvalue weighted by Crippen LogP contribution is -2.55. The molecule has 482 valence electrons. The highest BCUT2D eigenvalue weighted by atomic mass is 32.2. The van der Waals surface area contributed by atoms with Crippen LogP contribution in [0.3, 0.4) is 0 Å². The van der Waals surface area contributed by atoms with Gasteiger partial charge in [-0.2, -0.15) is 39.1 Å². The van der Waals surface area contributed by atoms with E-state index in [2.05, 4.69) is 211 Å². The Bertz CT molecular complexity index is 2990. The summed E-state index contributed by atoms with van der Waals surface area (Å²) in [5.74, 6) is 5.38. The second-order valence-corrected chi connectivity index (χ2v) is 33.2. The van der Waals surface area contributed by atoms with Gasteiger partial charge in [-0.05, 0) is 105 Å². The summed E-state index contributed by atoms with van der Waals surface area (Å²) in [5, 5.41) is 2.12. The molecule has 0 aliphatic carbocycles. The Morgan fingerprint density at radius 1 is 0.453 bits per heavy atom. The molecule has 4 aromatic rings. The van der Waals surface area contributed by atoms with Crippen LogP contribution in [0.2, 0.25) is 0 Å². The van der Waals surface area contributed by atoms with Crippen molar-refractivity contribution in [1.29, 1.82) is 0 Å². The van der Waals surface area contributed by atoms with Crippen molar-refractivity contribution in [3.63, 3.8) is 0 Å². The summed E-state index contributed by atoms with van der Waals surface area (Å²) in [4.78, 5) is 15.2. The van der Waals surface area contributed by atoms with Crippen molar-refractivity contribution >= 4 is 58.7 Å². The van der Waals surface area contributed by atoms with E-state index in [1.807, 2.05) is 4.31 Å². The SMILES string of the molecule is C=S(C)(=O)N1CCN(c2ccc(C(C)C)cc2)CC1.CC(C)(C)CON1CCN(c2ccc(C(C)(C)C)cc2)CC1.CC(C)c1ccc(N2CCN(S(=O)(=O)N(C)C)CC2)cc1.CC(C)c1ccc(N2CCN(S(=O)(=O)N3CCOCC3)CC2)cc1. The quantitative estimate of drug-likeness (QED) is 0.111. The number of benzene rings is 4. The third-order valence-corrected chi connectivity index (χ3v) is 21.9. The van der Waals surface area contributed by atoms with Gasteiger partial charge in [-0.3, -0.25) is 9.05 Å². The molecule has 4 aromatic carbocycles. The van der Waals surface area contributed by atoms with Gasteiger partial charge in [0.25, 0.3) is 20.4 Å². The normalized spacial score (nSPS) is 19.4. The lowest BCUT2D eigenvalue weighted by atomic mass is 9.87. The van der Waals surface area contributed by atoms with E-state index in [0.717, 1.165) is 85.1 Å². The molecule has 5 heterocycles. The molecule has 5 aliphatic rings. The van der Waals surface area contributed by atoms with Crippen LogP contribution in [0.1, 0.15) is 123 Å². The van der Waals surface area contributed by atoms with Crippen molar-refractivity contribution in [2.24, 2.45) is 5.41 Å². The molecule has 9 rings (SSSR count). The van der Waals surface area contributed by atoms with Gasteiger partial charge in [-0.1, -0.05) is 132 Å². The number of hydrogen-bond acceptors (Lipinski definition) is 12. The number of morpholine rings is 1. The number of rotatable bonds is 14. The Kier molecular flexibility index (Phi) is 25.9. The Morgan fingerprint density at radius 3 is 1.06 bits per heavy atom. The van der Waals surface area contributed by atoms with E-state index in [4.69, 9.17) is 9.57 Å². The van der Waals surface area contributed by atoms with Gasteiger partial charge < -0.3 is 24.3 Å². The van der Waals surface area contributed by atoms with Gasteiger partial charge in [0, 0.05) is 171 Å². The summed E-state index contributed by atoms with van der Waals surface area (Å²) in [6.07, 6.45) is 1.72. The van der Waals surface area contributed by atoms with E-state index >= 15 is 0 Å². The van der Waals surface area contributed by atoms with Crippen LogP contribution in [0.4, 0.5) is 22.7 Å². The largest absolute Gasteiger partial charge is 0.379 e. The van der Waals surface area contributed by atoms with Gasteiger partial charge in [-0.25, -0.2) is 4.31 Å². The molecule has 1 unspecified atom stereocenters. The lowest BCUT2D eigenvalue weighted by Gasteiger charge is -2.38. The smallest absolute Gasteiger partial charge is 0.282 e. The fraction of sp³-hybridized carbons (Fsp3) is 0.621. The van der Waals surface area contributed by atoms with E-state index in [9.17, 15) is 21.0 Å². The molecule has 0 saturated carbocycles. The van der Waals surface area contributed by atoms with Crippen LogP contribution in [-0.2, 0) is 45.1 Å². The van der Waals surface area contributed by atoms with Gasteiger partial charge in [0.05, 0.1) is 19.8 Å². The van der Waals surface area contributed by atoms with E-state index in [-0.39, 0.29) is 10.8 Å². The first-order valence-corrected chi connectivity index (χ1v) is 36.1. The Hall–Kier alpha value is -4.32. The Morgan fingerprint density at radius 2 is 0.756 bits per heavy atom. The number of hydroxylamine groups is 2. The van der Waals surface area contributed by atoms with Crippen LogP contribution in [-0.4, -0.2) is 211 Å². The van der Waals surface area contributed by atoms with Crippen LogP contribution in [0.5, 0.6) is 0 Å². The molecule has 20 heteroatoms. The molecule has 86 heavy (non-hydrogen) atoms. The molecular weight excluding hydrogens is 1140 g/mol. The highest BCUT2D eigenvalue weighted by Gasteiger charge is 2.34. The molecule has 1 atom stereocenters. The lowest BCUT2D eigenvalue weighted by molar-refractivity contribution is -0.180. The average molecular weight is 1250 g/mol. The maximum absolute atomic E-state index is 12.7. The molecule has 0 bridgehead atoms. The Labute approximate surface area is 521 Å². The first kappa shape index (κ1) is 70.8. The minimum Gasteiger partial charge on any atom is -0.379 e. The van der Waals surface area contributed by atoms with Crippen LogP contribution in [0, 0.1) is 5.41 Å². The predicted octanol–water partition coefficient (Wildman–Crippen LogP) is 9.52. The topological polar surface area (TPSA) is 136 Å². The zero-order valence-electron chi connectivity index (χ0n) is 55.1. The first-order chi connectivity index (χ1) is 40.3. The van der Waals surface area contributed by atoms with E-state index < -0.39 is 30.1 Å². The molecule has 0 spiro atoms. The summed E-state index contributed by atoms with van der Waals surface area (Å²) in [7, 11) is -5.52.